The van der Waals surface area contributed by atoms with E-state index >= 15 is 0 Å². The normalized spacial score (nSPS) is 10.1. The molecule has 0 unspecified atom stereocenters. The number of carboxylic acid groups (broad SMARTS) is 1. The zero-order valence-corrected chi connectivity index (χ0v) is 9.66. The highest BCUT2D eigenvalue weighted by Crippen LogP contribution is 2.03. The van der Waals surface area contributed by atoms with Crippen molar-refractivity contribution in [3.8, 4) is 0 Å². The highest BCUT2D eigenvalue weighted by Gasteiger charge is 2.04. The molecule has 7 heteroatoms. The first-order chi connectivity index (χ1) is 8.65. The number of nitrogens with one attached hydrogen (secondary N) is 1. The molecule has 7 nitrogen and oxygen atoms in total. The number of nitrogens with zero attached hydrogens (tertiary/aromatic N) is 4. The van der Waals surface area contributed by atoms with Gasteiger partial charge in [-0.2, -0.15) is 0 Å². The van der Waals surface area contributed by atoms with Gasteiger partial charge in [-0.05, 0) is 13.0 Å². The summed E-state index contributed by atoms with van der Waals surface area (Å²) >= 11 is 0. The van der Waals surface area contributed by atoms with Crippen molar-refractivity contribution >= 4 is 11.8 Å². The molecule has 18 heavy (non-hydrogen) atoms. The summed E-state index contributed by atoms with van der Waals surface area (Å²) in [6, 6.07) is 1.79. The largest absolute Gasteiger partial charge is 0.476 e. The van der Waals surface area contributed by atoms with Gasteiger partial charge >= 0.3 is 5.97 Å². The van der Waals surface area contributed by atoms with Crippen LogP contribution in [-0.2, 0) is 6.54 Å². The third kappa shape index (κ3) is 2.97. The molecule has 2 aromatic heterocycles. The Labute approximate surface area is 103 Å². The number of carboxylic acids is 1. The standard InChI is InChI=1S/C11H11N5O2/c1-7-12-3-2-8(16-7)4-14-10-6-13-9(5-15-10)11(17)18/h2-3,5-6H,4H2,1H3,(H,14,15)(H,17,18). The molecular weight excluding hydrogens is 234 g/mol. The Hall–Kier alpha value is -2.57. The molecule has 0 fully saturated rings. The van der Waals surface area contributed by atoms with Gasteiger partial charge in [0.15, 0.2) is 5.69 Å². The summed E-state index contributed by atoms with van der Waals surface area (Å²) in [6.45, 7) is 2.29. The van der Waals surface area contributed by atoms with Crippen LogP contribution in [0.1, 0.15) is 22.0 Å². The van der Waals surface area contributed by atoms with Crippen LogP contribution in [-0.4, -0.2) is 31.0 Å². The van der Waals surface area contributed by atoms with Gasteiger partial charge in [0, 0.05) is 6.20 Å². The molecule has 0 atom stereocenters. The van der Waals surface area contributed by atoms with Crippen molar-refractivity contribution in [1.82, 2.24) is 19.9 Å². The molecule has 2 aromatic rings. The van der Waals surface area contributed by atoms with Gasteiger partial charge in [0.25, 0.3) is 0 Å². The van der Waals surface area contributed by atoms with Crippen molar-refractivity contribution in [3.05, 3.63) is 41.9 Å². The van der Waals surface area contributed by atoms with Gasteiger partial charge in [-0.3, -0.25) is 0 Å². The lowest BCUT2D eigenvalue weighted by Crippen LogP contribution is -2.07. The Morgan fingerprint density at radius 2 is 2.17 bits per heavy atom. The van der Waals surface area contributed by atoms with Crippen LogP contribution in [0.3, 0.4) is 0 Å². The molecule has 0 spiro atoms. The Balaban J connectivity index is 2.00. The molecule has 2 rings (SSSR count). The molecule has 0 aliphatic rings. The third-order valence-corrected chi connectivity index (χ3v) is 2.16. The summed E-state index contributed by atoms with van der Waals surface area (Å²) in [4.78, 5) is 26.5. The van der Waals surface area contributed by atoms with Crippen LogP contribution in [0.2, 0.25) is 0 Å². The Morgan fingerprint density at radius 3 is 2.78 bits per heavy atom. The number of hydrogen-bond acceptors (Lipinski definition) is 6. The van der Waals surface area contributed by atoms with Gasteiger partial charge in [0.05, 0.1) is 24.6 Å². The minimum Gasteiger partial charge on any atom is -0.476 e. The molecule has 0 aliphatic carbocycles. The van der Waals surface area contributed by atoms with E-state index < -0.39 is 5.97 Å². The van der Waals surface area contributed by atoms with Crippen molar-refractivity contribution in [2.45, 2.75) is 13.5 Å². The van der Waals surface area contributed by atoms with E-state index in [9.17, 15) is 4.79 Å². The second kappa shape index (κ2) is 5.17. The quantitative estimate of drug-likeness (QED) is 0.824. The summed E-state index contributed by atoms with van der Waals surface area (Å²) in [7, 11) is 0. The van der Waals surface area contributed by atoms with Crippen LogP contribution in [0.25, 0.3) is 0 Å². The van der Waals surface area contributed by atoms with Crippen molar-refractivity contribution in [2.24, 2.45) is 0 Å². The summed E-state index contributed by atoms with van der Waals surface area (Å²) in [5.41, 5.74) is 0.741. The first-order valence-electron chi connectivity index (χ1n) is 5.23. The van der Waals surface area contributed by atoms with E-state index in [4.69, 9.17) is 5.11 Å². The molecular formula is C11H11N5O2. The fourth-order valence-corrected chi connectivity index (χ4v) is 1.31. The molecule has 92 valence electrons. The maximum absolute atomic E-state index is 10.6. The number of anilines is 1. The molecule has 0 saturated carbocycles. The number of aromatic nitrogens is 4. The average molecular weight is 245 g/mol. The predicted octanol–water partition coefficient (Wildman–Crippen LogP) is 0.885. The van der Waals surface area contributed by atoms with Gasteiger partial charge in [0.1, 0.15) is 11.6 Å². The van der Waals surface area contributed by atoms with Gasteiger partial charge in [-0.25, -0.2) is 24.7 Å². The summed E-state index contributed by atoms with van der Waals surface area (Å²) < 4.78 is 0. The fraction of sp³-hybridized carbons (Fsp3) is 0.182. The van der Waals surface area contributed by atoms with E-state index in [1.54, 1.807) is 12.3 Å². The number of rotatable bonds is 4. The topological polar surface area (TPSA) is 101 Å². The van der Waals surface area contributed by atoms with E-state index in [1.165, 1.54) is 12.4 Å². The Bertz CT molecular complexity index is 556. The second-order valence-corrected chi connectivity index (χ2v) is 3.54. The van der Waals surface area contributed by atoms with Crippen LogP contribution < -0.4 is 5.32 Å². The average Bonchev–Trinajstić information content (AvgIpc) is 2.37. The van der Waals surface area contributed by atoms with Gasteiger partial charge in [0.2, 0.25) is 0 Å². The van der Waals surface area contributed by atoms with Crippen molar-refractivity contribution in [2.75, 3.05) is 5.32 Å². The van der Waals surface area contributed by atoms with Crippen LogP contribution in [0.15, 0.2) is 24.7 Å². The number of aromatic carboxylic acids is 1. The van der Waals surface area contributed by atoms with Crippen LogP contribution >= 0.6 is 0 Å². The molecule has 0 aromatic carbocycles. The number of aryl methyl sites for hydroxylation is 1. The lowest BCUT2D eigenvalue weighted by molar-refractivity contribution is 0.0690. The van der Waals surface area contributed by atoms with Gasteiger partial charge in [-0.1, -0.05) is 0 Å². The maximum Gasteiger partial charge on any atom is 0.356 e. The molecule has 0 saturated heterocycles. The minimum atomic E-state index is -1.10. The Kier molecular flexibility index (Phi) is 3.42. The fourth-order valence-electron chi connectivity index (χ4n) is 1.31. The smallest absolute Gasteiger partial charge is 0.356 e. The lowest BCUT2D eigenvalue weighted by Gasteiger charge is -2.04. The number of hydrogen-bond donors (Lipinski definition) is 2. The van der Waals surface area contributed by atoms with Crippen molar-refractivity contribution in [1.29, 1.82) is 0 Å². The monoisotopic (exact) mass is 245 g/mol. The van der Waals surface area contributed by atoms with E-state index in [0.29, 0.717) is 18.2 Å². The second-order valence-electron chi connectivity index (χ2n) is 3.54. The van der Waals surface area contributed by atoms with E-state index in [1.807, 2.05) is 6.92 Å². The van der Waals surface area contributed by atoms with Crippen LogP contribution in [0.5, 0.6) is 0 Å². The minimum absolute atomic E-state index is 0.0848. The molecule has 2 N–H and O–H groups in total. The highest BCUT2D eigenvalue weighted by molar-refractivity contribution is 5.84. The van der Waals surface area contributed by atoms with E-state index in [2.05, 4.69) is 25.3 Å². The highest BCUT2D eigenvalue weighted by atomic mass is 16.4. The van der Waals surface area contributed by atoms with Crippen LogP contribution in [0.4, 0.5) is 5.82 Å². The maximum atomic E-state index is 10.6. The summed E-state index contributed by atoms with van der Waals surface area (Å²) in [5, 5.41) is 11.7. The third-order valence-electron chi connectivity index (χ3n) is 2.16. The van der Waals surface area contributed by atoms with Gasteiger partial charge < -0.3 is 10.4 Å². The molecule has 0 radical (unpaired) electrons. The Morgan fingerprint density at radius 1 is 1.33 bits per heavy atom. The van der Waals surface area contributed by atoms with E-state index in [-0.39, 0.29) is 5.69 Å². The van der Waals surface area contributed by atoms with Crippen molar-refractivity contribution < 1.29 is 9.90 Å². The van der Waals surface area contributed by atoms with Gasteiger partial charge in [-0.15, -0.1) is 0 Å². The zero-order valence-electron chi connectivity index (χ0n) is 9.66. The lowest BCUT2D eigenvalue weighted by atomic mass is 10.4. The summed E-state index contributed by atoms with van der Waals surface area (Å²) in [5.74, 6) is 0.0957. The zero-order chi connectivity index (χ0) is 13.0. The molecule has 0 aliphatic heterocycles. The van der Waals surface area contributed by atoms with E-state index in [0.717, 1.165) is 5.69 Å². The SMILES string of the molecule is Cc1nccc(CNc2cnc(C(=O)O)cn2)n1. The molecule has 0 amide bonds. The van der Waals surface area contributed by atoms with Crippen molar-refractivity contribution in [3.63, 3.8) is 0 Å². The first kappa shape index (κ1) is 11.9. The first-order valence-corrected chi connectivity index (χ1v) is 5.23. The predicted molar refractivity (Wildman–Crippen MR) is 63.1 cm³/mol. The number of carbonyl (C=O) groups is 1. The molecule has 0 bridgehead atoms. The van der Waals surface area contributed by atoms with Crippen LogP contribution in [0, 0.1) is 6.92 Å². The molecule has 2 heterocycles. The summed E-state index contributed by atoms with van der Waals surface area (Å²) in [6.07, 6.45) is 4.26.